The minimum absolute atomic E-state index is 0.0402. The number of hydrogen-bond donors (Lipinski definition) is 0. The molecular weight excluding hydrogens is 468 g/mol. The maximum Gasteiger partial charge on any atom is 0.277 e. The molecule has 2 heterocycles. The number of rotatable bonds is 7. The van der Waals surface area contributed by atoms with Crippen molar-refractivity contribution in [1.29, 1.82) is 0 Å². The highest BCUT2D eigenvalue weighted by atomic mass is 35.5. The van der Waals surface area contributed by atoms with Crippen LogP contribution in [-0.2, 0) is 4.79 Å². The van der Waals surface area contributed by atoms with Crippen LogP contribution in [0.3, 0.4) is 0 Å². The standard InChI is InChI=1S/C22H21ClN4O3S2/c1-3-29-18-7-5-4-6-17(18)24-21-27(14(2)12-31-21)19(28)13-32-22-26-25-20(30-22)15-8-10-16(23)11-9-15/h4-11,14H,3,12-13H2,1-2H3. The SMILES string of the molecule is CCOc1ccccc1N=C1SCC(C)N1C(=O)CSc1nnc(-c2ccc(Cl)cc2)o1. The number of aromatic nitrogens is 2. The van der Waals surface area contributed by atoms with E-state index in [2.05, 4.69) is 10.2 Å². The molecule has 0 bridgehead atoms. The number of benzene rings is 2. The Kier molecular flexibility index (Phi) is 7.39. The Labute approximate surface area is 199 Å². The molecule has 1 aliphatic heterocycles. The minimum atomic E-state index is -0.0635. The van der Waals surface area contributed by atoms with Gasteiger partial charge in [0, 0.05) is 22.4 Å². The van der Waals surface area contributed by atoms with Gasteiger partial charge in [-0.1, -0.05) is 47.3 Å². The molecular formula is C22H21ClN4O3S2. The first-order valence-electron chi connectivity index (χ1n) is 10.0. The molecule has 0 aliphatic carbocycles. The quantitative estimate of drug-likeness (QED) is 0.404. The van der Waals surface area contributed by atoms with Gasteiger partial charge in [-0.05, 0) is 50.2 Å². The lowest BCUT2D eigenvalue weighted by molar-refractivity contribution is -0.125. The Hall–Kier alpha value is -2.49. The lowest BCUT2D eigenvalue weighted by Crippen LogP contribution is -2.38. The van der Waals surface area contributed by atoms with Gasteiger partial charge in [-0.2, -0.15) is 0 Å². The topological polar surface area (TPSA) is 80.8 Å². The molecule has 1 amide bonds. The van der Waals surface area contributed by atoms with Crippen LogP contribution in [0.2, 0.25) is 5.02 Å². The van der Waals surface area contributed by atoms with E-state index in [0.717, 1.165) is 11.3 Å². The maximum absolute atomic E-state index is 13.0. The van der Waals surface area contributed by atoms with Crippen molar-refractivity contribution in [2.75, 3.05) is 18.1 Å². The van der Waals surface area contributed by atoms with E-state index in [1.54, 1.807) is 40.9 Å². The molecule has 0 N–H and O–H groups in total. The van der Waals surface area contributed by atoms with Gasteiger partial charge in [-0.3, -0.25) is 9.69 Å². The van der Waals surface area contributed by atoms with E-state index in [4.69, 9.17) is 25.7 Å². The number of aliphatic imine (C=N–C) groups is 1. The van der Waals surface area contributed by atoms with E-state index >= 15 is 0 Å². The van der Waals surface area contributed by atoms with E-state index in [1.807, 2.05) is 38.1 Å². The molecule has 3 aromatic rings. The smallest absolute Gasteiger partial charge is 0.277 e. The van der Waals surface area contributed by atoms with Crippen LogP contribution in [0.1, 0.15) is 13.8 Å². The summed E-state index contributed by atoms with van der Waals surface area (Å²) in [5, 5.41) is 9.74. The zero-order valence-corrected chi connectivity index (χ0v) is 19.9. The second kappa shape index (κ2) is 10.4. The molecule has 1 atom stereocenters. The summed E-state index contributed by atoms with van der Waals surface area (Å²) in [6.07, 6.45) is 0. The van der Waals surface area contributed by atoms with Crippen LogP contribution in [-0.4, -0.2) is 50.3 Å². The third-order valence-corrected chi connectivity index (χ3v) is 6.82. The summed E-state index contributed by atoms with van der Waals surface area (Å²) in [6.45, 7) is 4.49. The van der Waals surface area contributed by atoms with Gasteiger partial charge in [0.15, 0.2) is 5.17 Å². The van der Waals surface area contributed by atoms with Crippen molar-refractivity contribution in [1.82, 2.24) is 15.1 Å². The Bertz CT molecular complexity index is 1120. The van der Waals surface area contributed by atoms with Crippen LogP contribution >= 0.6 is 35.1 Å². The molecule has 0 radical (unpaired) electrons. The van der Waals surface area contributed by atoms with Crippen molar-refractivity contribution in [3.8, 4) is 17.2 Å². The predicted molar refractivity (Wildman–Crippen MR) is 129 cm³/mol. The number of amidine groups is 1. The highest BCUT2D eigenvalue weighted by molar-refractivity contribution is 8.14. The van der Waals surface area contributed by atoms with Crippen LogP contribution in [0.4, 0.5) is 5.69 Å². The zero-order chi connectivity index (χ0) is 22.5. The largest absolute Gasteiger partial charge is 0.492 e. The first kappa shape index (κ1) is 22.7. The number of ether oxygens (including phenoxy) is 1. The normalized spacial score (nSPS) is 17.2. The molecule has 1 aromatic heterocycles. The second-order valence-electron chi connectivity index (χ2n) is 6.89. The lowest BCUT2D eigenvalue weighted by Gasteiger charge is -2.20. The number of para-hydroxylation sites is 2. The van der Waals surface area contributed by atoms with Crippen molar-refractivity contribution in [3.63, 3.8) is 0 Å². The fraction of sp³-hybridized carbons (Fsp3) is 0.273. The average Bonchev–Trinajstić information content (AvgIpc) is 3.41. The summed E-state index contributed by atoms with van der Waals surface area (Å²) in [5.74, 6) is 1.97. The minimum Gasteiger partial charge on any atom is -0.492 e. The van der Waals surface area contributed by atoms with Gasteiger partial charge in [-0.25, -0.2) is 4.99 Å². The first-order valence-corrected chi connectivity index (χ1v) is 12.4. The van der Waals surface area contributed by atoms with Gasteiger partial charge < -0.3 is 9.15 Å². The van der Waals surface area contributed by atoms with Gasteiger partial charge >= 0.3 is 0 Å². The van der Waals surface area contributed by atoms with Crippen molar-refractivity contribution in [2.45, 2.75) is 25.1 Å². The maximum atomic E-state index is 13.0. The van der Waals surface area contributed by atoms with E-state index < -0.39 is 0 Å². The number of nitrogens with zero attached hydrogens (tertiary/aromatic N) is 4. The molecule has 166 valence electrons. The molecule has 32 heavy (non-hydrogen) atoms. The molecule has 0 saturated carbocycles. The number of carbonyl (C=O) groups excluding carboxylic acids is 1. The summed E-state index contributed by atoms with van der Waals surface area (Å²) in [4.78, 5) is 19.5. The van der Waals surface area contributed by atoms with Crippen LogP contribution < -0.4 is 4.74 Å². The number of thioether (sulfide) groups is 2. The number of hydrogen-bond acceptors (Lipinski definition) is 8. The summed E-state index contributed by atoms with van der Waals surface area (Å²) in [6, 6.07) is 14.7. The van der Waals surface area contributed by atoms with Crippen LogP contribution in [0, 0.1) is 0 Å². The summed E-state index contributed by atoms with van der Waals surface area (Å²) < 4.78 is 11.4. The molecule has 1 aliphatic rings. The molecule has 1 saturated heterocycles. The fourth-order valence-corrected chi connectivity index (χ4v) is 4.94. The van der Waals surface area contributed by atoms with E-state index in [-0.39, 0.29) is 17.7 Å². The molecule has 2 aromatic carbocycles. The second-order valence-corrected chi connectivity index (χ2v) is 9.24. The Morgan fingerprint density at radius 1 is 1.28 bits per heavy atom. The summed E-state index contributed by atoms with van der Waals surface area (Å²) in [5.41, 5.74) is 1.48. The fourth-order valence-electron chi connectivity index (χ4n) is 3.07. The van der Waals surface area contributed by atoms with Crippen molar-refractivity contribution in [2.24, 2.45) is 4.99 Å². The van der Waals surface area contributed by atoms with Crippen LogP contribution in [0.25, 0.3) is 11.5 Å². The summed E-state index contributed by atoms with van der Waals surface area (Å²) in [7, 11) is 0. The lowest BCUT2D eigenvalue weighted by atomic mass is 10.2. The number of amides is 1. The Morgan fingerprint density at radius 2 is 2.06 bits per heavy atom. The van der Waals surface area contributed by atoms with E-state index in [1.165, 1.54) is 11.8 Å². The van der Waals surface area contributed by atoms with Crippen LogP contribution in [0.5, 0.6) is 5.75 Å². The Morgan fingerprint density at radius 3 is 2.84 bits per heavy atom. The molecule has 1 unspecified atom stereocenters. The van der Waals surface area contributed by atoms with Crippen molar-refractivity contribution >= 4 is 51.9 Å². The third-order valence-electron chi connectivity index (χ3n) is 4.57. The Balaban J connectivity index is 1.45. The molecule has 0 spiro atoms. The predicted octanol–water partition coefficient (Wildman–Crippen LogP) is 5.53. The monoisotopic (exact) mass is 488 g/mol. The molecule has 7 nitrogen and oxygen atoms in total. The average molecular weight is 489 g/mol. The highest BCUT2D eigenvalue weighted by Gasteiger charge is 2.32. The van der Waals surface area contributed by atoms with Gasteiger partial charge in [0.1, 0.15) is 11.4 Å². The third kappa shape index (κ3) is 5.28. The van der Waals surface area contributed by atoms with Gasteiger partial charge in [0.05, 0.1) is 12.4 Å². The highest BCUT2D eigenvalue weighted by Crippen LogP contribution is 2.33. The van der Waals surface area contributed by atoms with Gasteiger partial charge in [-0.15, -0.1) is 10.2 Å². The molecule has 10 heteroatoms. The number of carbonyl (C=O) groups is 1. The van der Waals surface area contributed by atoms with Gasteiger partial charge in [0.25, 0.3) is 5.22 Å². The molecule has 1 fully saturated rings. The first-order chi connectivity index (χ1) is 15.5. The molecule has 4 rings (SSSR count). The van der Waals surface area contributed by atoms with Crippen molar-refractivity contribution < 1.29 is 13.9 Å². The van der Waals surface area contributed by atoms with E-state index in [9.17, 15) is 4.79 Å². The van der Waals surface area contributed by atoms with E-state index in [0.29, 0.717) is 39.3 Å². The zero-order valence-electron chi connectivity index (χ0n) is 17.5. The summed E-state index contributed by atoms with van der Waals surface area (Å²) >= 11 is 8.69. The van der Waals surface area contributed by atoms with Gasteiger partial charge in [0.2, 0.25) is 11.8 Å². The number of halogens is 1. The van der Waals surface area contributed by atoms with Crippen LogP contribution in [0.15, 0.2) is 63.2 Å². The van der Waals surface area contributed by atoms with Crippen molar-refractivity contribution in [3.05, 3.63) is 53.6 Å².